The fourth-order valence-corrected chi connectivity index (χ4v) is 3.84. The minimum Gasteiger partial charge on any atom is -0.390 e. The topological polar surface area (TPSA) is 69.1 Å². The van der Waals surface area contributed by atoms with Gasteiger partial charge >= 0.3 is 0 Å². The maximum absolute atomic E-state index is 10.5. The molecule has 0 aliphatic carbocycles. The summed E-state index contributed by atoms with van der Waals surface area (Å²) in [5, 5.41) is 17.0. The lowest BCUT2D eigenvalue weighted by Crippen LogP contribution is -2.46. The van der Waals surface area contributed by atoms with Crippen molar-refractivity contribution in [2.24, 2.45) is 4.99 Å². The average molecular weight is 375 g/mol. The molecule has 1 fully saturated rings. The van der Waals surface area contributed by atoms with Crippen molar-refractivity contribution in [3.05, 3.63) is 35.4 Å². The van der Waals surface area contributed by atoms with E-state index in [-0.39, 0.29) is 5.60 Å². The van der Waals surface area contributed by atoms with E-state index in [0.717, 1.165) is 51.5 Å². The molecule has 0 radical (unpaired) electrons. The molecule has 1 saturated heterocycles. The van der Waals surface area contributed by atoms with E-state index in [4.69, 9.17) is 4.74 Å². The van der Waals surface area contributed by atoms with Crippen LogP contribution in [0.25, 0.3) is 0 Å². The molecule has 150 valence electrons. The molecule has 0 saturated carbocycles. The smallest absolute Gasteiger partial charge is 0.191 e. The summed E-state index contributed by atoms with van der Waals surface area (Å²) < 4.78 is 5.81. The quantitative estimate of drug-likeness (QED) is 0.499. The van der Waals surface area contributed by atoms with Crippen molar-refractivity contribution >= 4 is 5.96 Å². The number of hydrogen-bond donors (Lipinski definition) is 3. The van der Waals surface area contributed by atoms with E-state index in [1.165, 1.54) is 11.1 Å². The van der Waals surface area contributed by atoms with Crippen LogP contribution in [0, 0.1) is 0 Å². The summed E-state index contributed by atoms with van der Waals surface area (Å²) in [6.07, 6.45) is 2.78. The standard InChI is InChI=1S/C21H34N4O2/c1-3-22-20(24-16-21(2)10-6-12-27-21)23-13-19(26)15-25-11-9-17-7-4-5-8-18(17)14-25/h4-5,7-8,19,26H,3,6,9-16H2,1-2H3,(H2,22,23,24). The maximum Gasteiger partial charge on any atom is 0.191 e. The molecule has 6 nitrogen and oxygen atoms in total. The van der Waals surface area contributed by atoms with Gasteiger partial charge in [-0.2, -0.15) is 0 Å². The van der Waals surface area contributed by atoms with Crippen molar-refractivity contribution in [1.82, 2.24) is 15.5 Å². The molecular weight excluding hydrogens is 340 g/mol. The van der Waals surface area contributed by atoms with E-state index in [2.05, 4.69) is 51.7 Å². The molecule has 0 amide bonds. The normalized spacial score (nSPS) is 24.5. The summed E-state index contributed by atoms with van der Waals surface area (Å²) in [5.74, 6) is 0.747. The summed E-state index contributed by atoms with van der Waals surface area (Å²) in [6, 6.07) is 8.59. The summed E-state index contributed by atoms with van der Waals surface area (Å²) in [5.41, 5.74) is 2.66. The monoisotopic (exact) mass is 374 g/mol. The number of fused-ring (bicyclic) bond motifs is 1. The number of aliphatic hydroxyl groups excluding tert-OH is 1. The van der Waals surface area contributed by atoms with E-state index in [1.807, 2.05) is 6.92 Å². The van der Waals surface area contributed by atoms with Crippen LogP contribution in [0.1, 0.15) is 37.8 Å². The predicted octanol–water partition coefficient (Wildman–Crippen LogP) is 1.53. The largest absolute Gasteiger partial charge is 0.390 e. The zero-order valence-corrected chi connectivity index (χ0v) is 16.7. The van der Waals surface area contributed by atoms with Crippen LogP contribution in [0.5, 0.6) is 0 Å². The van der Waals surface area contributed by atoms with Crippen molar-refractivity contribution in [2.75, 3.05) is 39.3 Å². The third-order valence-electron chi connectivity index (χ3n) is 5.40. The molecule has 6 heteroatoms. The van der Waals surface area contributed by atoms with Gasteiger partial charge in [0.1, 0.15) is 0 Å². The van der Waals surface area contributed by atoms with Crippen LogP contribution >= 0.6 is 0 Å². The number of aliphatic hydroxyl groups is 1. The number of benzene rings is 1. The highest BCUT2D eigenvalue weighted by Gasteiger charge is 2.29. The van der Waals surface area contributed by atoms with Crippen LogP contribution in [0.4, 0.5) is 0 Å². The Morgan fingerprint density at radius 1 is 1.33 bits per heavy atom. The van der Waals surface area contributed by atoms with E-state index < -0.39 is 6.10 Å². The van der Waals surface area contributed by atoms with Crippen LogP contribution in [-0.4, -0.2) is 67.0 Å². The summed E-state index contributed by atoms with van der Waals surface area (Å²) in [4.78, 5) is 6.99. The first-order chi connectivity index (χ1) is 13.1. The molecular formula is C21H34N4O2. The van der Waals surface area contributed by atoms with Crippen LogP contribution in [0.3, 0.4) is 0 Å². The Hall–Kier alpha value is -1.63. The molecule has 1 aromatic carbocycles. The minimum absolute atomic E-state index is 0.151. The zero-order chi connectivity index (χ0) is 19.1. The summed E-state index contributed by atoms with van der Waals surface area (Å²) in [7, 11) is 0. The molecule has 2 atom stereocenters. The van der Waals surface area contributed by atoms with Crippen LogP contribution in [-0.2, 0) is 17.7 Å². The molecule has 3 N–H and O–H groups in total. The van der Waals surface area contributed by atoms with Gasteiger partial charge in [0, 0.05) is 39.3 Å². The van der Waals surface area contributed by atoms with E-state index in [0.29, 0.717) is 19.6 Å². The molecule has 3 rings (SSSR count). The lowest BCUT2D eigenvalue weighted by molar-refractivity contribution is 0.0283. The Labute approximate surface area is 163 Å². The van der Waals surface area contributed by atoms with Crippen LogP contribution in [0.2, 0.25) is 0 Å². The Morgan fingerprint density at radius 2 is 2.15 bits per heavy atom. The minimum atomic E-state index is -0.433. The van der Waals surface area contributed by atoms with E-state index in [9.17, 15) is 5.11 Å². The Kier molecular flexibility index (Phi) is 7.10. The van der Waals surface area contributed by atoms with Crippen molar-refractivity contribution in [3.8, 4) is 0 Å². The fourth-order valence-electron chi connectivity index (χ4n) is 3.84. The van der Waals surface area contributed by atoms with Gasteiger partial charge in [0.15, 0.2) is 5.96 Å². The number of nitrogens with one attached hydrogen (secondary N) is 2. The molecule has 2 unspecified atom stereocenters. The third kappa shape index (κ3) is 5.92. The highest BCUT2D eigenvalue weighted by Crippen LogP contribution is 2.25. The highest BCUT2D eigenvalue weighted by atomic mass is 16.5. The Bertz CT molecular complexity index is 628. The first-order valence-corrected chi connectivity index (χ1v) is 10.2. The van der Waals surface area contributed by atoms with E-state index in [1.54, 1.807) is 0 Å². The van der Waals surface area contributed by atoms with Gasteiger partial charge in [-0.1, -0.05) is 24.3 Å². The van der Waals surface area contributed by atoms with Gasteiger partial charge in [-0.25, -0.2) is 0 Å². The van der Waals surface area contributed by atoms with Gasteiger partial charge in [0.05, 0.1) is 18.2 Å². The summed E-state index contributed by atoms with van der Waals surface area (Å²) >= 11 is 0. The molecule has 2 aliphatic rings. The molecule has 0 bridgehead atoms. The van der Waals surface area contributed by atoms with Gasteiger partial charge in [0.2, 0.25) is 0 Å². The molecule has 2 heterocycles. The molecule has 27 heavy (non-hydrogen) atoms. The number of rotatable bonds is 7. The molecule has 0 aromatic heterocycles. The van der Waals surface area contributed by atoms with Gasteiger partial charge < -0.3 is 20.5 Å². The number of guanidine groups is 1. The third-order valence-corrected chi connectivity index (χ3v) is 5.40. The number of nitrogens with zero attached hydrogens (tertiary/aromatic N) is 2. The number of hydrogen-bond acceptors (Lipinski definition) is 4. The second-order valence-electron chi connectivity index (χ2n) is 7.89. The van der Waals surface area contributed by atoms with Crippen LogP contribution < -0.4 is 10.6 Å². The number of β-amino-alcohol motifs (C(OH)–C–C–N with tert-alkyl or cyclic N) is 1. The maximum atomic E-state index is 10.5. The van der Waals surface area contributed by atoms with Crippen molar-refractivity contribution in [2.45, 2.75) is 51.4 Å². The van der Waals surface area contributed by atoms with Gasteiger partial charge in [-0.15, -0.1) is 0 Å². The van der Waals surface area contributed by atoms with Crippen molar-refractivity contribution in [3.63, 3.8) is 0 Å². The Balaban J connectivity index is 1.45. The van der Waals surface area contributed by atoms with Gasteiger partial charge in [-0.05, 0) is 44.2 Å². The number of ether oxygens (including phenoxy) is 1. The number of aliphatic imine (C=N–C) groups is 1. The Morgan fingerprint density at radius 3 is 2.89 bits per heavy atom. The van der Waals surface area contributed by atoms with Crippen LogP contribution in [0.15, 0.2) is 29.3 Å². The predicted molar refractivity (Wildman–Crippen MR) is 109 cm³/mol. The van der Waals surface area contributed by atoms with Gasteiger partial charge in [-0.3, -0.25) is 9.89 Å². The SMILES string of the molecule is CCNC(=NCC1(C)CCCO1)NCC(O)CN1CCc2ccccc2C1. The van der Waals surface area contributed by atoms with Crippen molar-refractivity contribution < 1.29 is 9.84 Å². The van der Waals surface area contributed by atoms with E-state index >= 15 is 0 Å². The van der Waals surface area contributed by atoms with Crippen molar-refractivity contribution in [1.29, 1.82) is 0 Å². The summed E-state index contributed by atoms with van der Waals surface area (Å²) in [6.45, 7) is 9.50. The second kappa shape index (κ2) is 9.53. The first kappa shape index (κ1) is 20.1. The fraction of sp³-hybridized carbons (Fsp3) is 0.667. The second-order valence-corrected chi connectivity index (χ2v) is 7.89. The highest BCUT2D eigenvalue weighted by molar-refractivity contribution is 5.79. The molecule has 1 aromatic rings. The van der Waals surface area contributed by atoms with Gasteiger partial charge in [0.25, 0.3) is 0 Å². The molecule has 2 aliphatic heterocycles. The zero-order valence-electron chi connectivity index (χ0n) is 16.7. The average Bonchev–Trinajstić information content (AvgIpc) is 3.11. The molecule has 0 spiro atoms. The lowest BCUT2D eigenvalue weighted by atomic mass is 10.00. The first-order valence-electron chi connectivity index (χ1n) is 10.2. The lowest BCUT2D eigenvalue weighted by Gasteiger charge is -2.30.